The van der Waals surface area contributed by atoms with Crippen LogP contribution in [0.3, 0.4) is 0 Å². The molecule has 0 radical (unpaired) electrons. The third-order valence-corrected chi connectivity index (χ3v) is 5.63. The van der Waals surface area contributed by atoms with Crippen molar-refractivity contribution >= 4 is 11.9 Å². The minimum atomic E-state index is -0.903. The number of aromatic nitrogens is 3. The number of amides is 1. The van der Waals surface area contributed by atoms with E-state index in [1.165, 1.54) is 11.1 Å². The second-order valence-corrected chi connectivity index (χ2v) is 7.34. The minimum absolute atomic E-state index is 0.0818. The third kappa shape index (κ3) is 2.67. The third-order valence-electron chi connectivity index (χ3n) is 5.63. The topological polar surface area (TPSA) is 88.3 Å². The van der Waals surface area contributed by atoms with Crippen LogP contribution < -0.4 is 0 Å². The fourth-order valence-corrected chi connectivity index (χ4v) is 4.50. The van der Waals surface area contributed by atoms with Gasteiger partial charge in [-0.05, 0) is 56.7 Å². The lowest BCUT2D eigenvalue weighted by Gasteiger charge is -2.24. The Balaban J connectivity index is 1.58. The number of likely N-dealkylation sites (tertiary alicyclic amines) is 1. The molecule has 136 valence electrons. The minimum Gasteiger partial charge on any atom is -0.480 e. The molecule has 0 spiro atoms. The van der Waals surface area contributed by atoms with Crippen LogP contribution in [-0.4, -0.2) is 49.2 Å². The molecule has 1 saturated carbocycles. The largest absolute Gasteiger partial charge is 0.480 e. The number of hydrogen-bond donors (Lipinski definition) is 1. The maximum Gasteiger partial charge on any atom is 0.326 e. The number of carbonyl (C=O) groups is 2. The SMILES string of the molecule is Cc1cc(C)n(-c2ccc(C(=O)N3CC4CCCC4C3C(=O)O)cn2)n1. The van der Waals surface area contributed by atoms with Crippen molar-refractivity contribution in [3.05, 3.63) is 41.3 Å². The van der Waals surface area contributed by atoms with Gasteiger partial charge in [0.05, 0.1) is 11.3 Å². The monoisotopic (exact) mass is 354 g/mol. The number of carboxylic acid groups (broad SMARTS) is 1. The summed E-state index contributed by atoms with van der Waals surface area (Å²) in [5.74, 6) is -0.125. The Bertz CT molecular complexity index is 858. The zero-order chi connectivity index (χ0) is 18.4. The molecule has 1 N–H and O–H groups in total. The van der Waals surface area contributed by atoms with Crippen molar-refractivity contribution in [1.82, 2.24) is 19.7 Å². The van der Waals surface area contributed by atoms with Crippen LogP contribution in [0.4, 0.5) is 0 Å². The number of carboxylic acids is 1. The van der Waals surface area contributed by atoms with Gasteiger partial charge >= 0.3 is 5.97 Å². The fraction of sp³-hybridized carbons (Fsp3) is 0.474. The Labute approximate surface area is 151 Å². The Kier molecular flexibility index (Phi) is 4.01. The van der Waals surface area contributed by atoms with E-state index in [4.69, 9.17) is 0 Å². The average molecular weight is 354 g/mol. The lowest BCUT2D eigenvalue weighted by atomic mass is 9.94. The first-order chi connectivity index (χ1) is 12.5. The van der Waals surface area contributed by atoms with Crippen molar-refractivity contribution in [2.24, 2.45) is 11.8 Å². The highest BCUT2D eigenvalue weighted by atomic mass is 16.4. The summed E-state index contributed by atoms with van der Waals surface area (Å²) in [6.07, 6.45) is 4.47. The number of hydrogen-bond acceptors (Lipinski definition) is 4. The van der Waals surface area contributed by atoms with E-state index in [-0.39, 0.29) is 11.8 Å². The van der Waals surface area contributed by atoms with Crippen molar-refractivity contribution < 1.29 is 14.7 Å². The predicted octanol–water partition coefficient (Wildman–Crippen LogP) is 2.21. The molecule has 1 aliphatic carbocycles. The quantitative estimate of drug-likeness (QED) is 0.913. The van der Waals surface area contributed by atoms with Gasteiger partial charge in [-0.1, -0.05) is 6.42 Å². The number of carbonyl (C=O) groups excluding carboxylic acids is 1. The van der Waals surface area contributed by atoms with Gasteiger partial charge in [-0.15, -0.1) is 0 Å². The van der Waals surface area contributed by atoms with Crippen LogP contribution in [0.25, 0.3) is 5.82 Å². The van der Waals surface area contributed by atoms with Gasteiger partial charge in [-0.2, -0.15) is 5.10 Å². The molecule has 3 heterocycles. The summed E-state index contributed by atoms with van der Waals surface area (Å²) >= 11 is 0. The number of rotatable bonds is 3. The van der Waals surface area contributed by atoms with Crippen molar-refractivity contribution in [1.29, 1.82) is 0 Å². The zero-order valence-corrected chi connectivity index (χ0v) is 14.9. The van der Waals surface area contributed by atoms with Gasteiger partial charge in [0, 0.05) is 18.4 Å². The van der Waals surface area contributed by atoms with Crippen LogP contribution in [0.2, 0.25) is 0 Å². The van der Waals surface area contributed by atoms with Crippen LogP contribution >= 0.6 is 0 Å². The Morgan fingerprint density at radius 1 is 1.23 bits per heavy atom. The van der Waals surface area contributed by atoms with Crippen molar-refractivity contribution in [2.75, 3.05) is 6.54 Å². The van der Waals surface area contributed by atoms with Gasteiger partial charge < -0.3 is 10.0 Å². The average Bonchev–Trinajstić information content (AvgIpc) is 3.27. The summed E-state index contributed by atoms with van der Waals surface area (Å²) in [7, 11) is 0. The Morgan fingerprint density at radius 2 is 2.04 bits per heavy atom. The molecule has 1 saturated heterocycles. The van der Waals surface area contributed by atoms with Crippen molar-refractivity contribution in [2.45, 2.75) is 39.2 Å². The number of fused-ring (bicyclic) bond motifs is 1. The second kappa shape index (κ2) is 6.23. The van der Waals surface area contributed by atoms with E-state index >= 15 is 0 Å². The highest BCUT2D eigenvalue weighted by molar-refractivity contribution is 5.97. The van der Waals surface area contributed by atoms with Gasteiger partial charge in [0.15, 0.2) is 5.82 Å². The lowest BCUT2D eigenvalue weighted by molar-refractivity contribution is -0.142. The molecule has 3 unspecified atom stereocenters. The number of aryl methyl sites for hydroxylation is 2. The van der Waals surface area contributed by atoms with Gasteiger partial charge in [-0.25, -0.2) is 14.5 Å². The summed E-state index contributed by atoms with van der Waals surface area (Å²) in [6, 6.07) is 4.69. The normalized spacial score (nSPS) is 24.7. The molecule has 2 fully saturated rings. The molecule has 2 aromatic heterocycles. The molecule has 7 nitrogen and oxygen atoms in total. The van der Waals surface area contributed by atoms with Gasteiger partial charge in [0.2, 0.25) is 0 Å². The summed E-state index contributed by atoms with van der Waals surface area (Å²) in [4.78, 5) is 30.5. The first-order valence-corrected chi connectivity index (χ1v) is 8.99. The van der Waals surface area contributed by atoms with Crippen molar-refractivity contribution in [3.8, 4) is 5.82 Å². The summed E-state index contributed by atoms with van der Waals surface area (Å²) in [5, 5.41) is 14.0. The zero-order valence-electron chi connectivity index (χ0n) is 14.9. The molecule has 7 heteroatoms. The van der Waals surface area contributed by atoms with E-state index in [2.05, 4.69) is 10.1 Å². The van der Waals surface area contributed by atoms with E-state index in [9.17, 15) is 14.7 Å². The number of pyridine rings is 1. The number of aliphatic carboxylic acids is 1. The highest BCUT2D eigenvalue weighted by Gasteiger charge is 2.49. The van der Waals surface area contributed by atoms with E-state index in [1.807, 2.05) is 19.9 Å². The summed E-state index contributed by atoms with van der Waals surface area (Å²) in [6.45, 7) is 4.39. The molecule has 2 aliphatic rings. The molecule has 26 heavy (non-hydrogen) atoms. The molecule has 1 amide bonds. The molecule has 0 bridgehead atoms. The fourth-order valence-electron chi connectivity index (χ4n) is 4.50. The molecule has 0 aromatic carbocycles. The molecule has 4 rings (SSSR count). The molecular weight excluding hydrogens is 332 g/mol. The lowest BCUT2D eigenvalue weighted by Crippen LogP contribution is -2.43. The van der Waals surface area contributed by atoms with E-state index in [1.54, 1.807) is 16.8 Å². The molecule has 2 aromatic rings. The van der Waals surface area contributed by atoms with Crippen molar-refractivity contribution in [3.63, 3.8) is 0 Å². The molecular formula is C19H22N4O3. The first kappa shape index (κ1) is 16.8. The van der Waals surface area contributed by atoms with Gasteiger partial charge in [0.1, 0.15) is 6.04 Å². The maximum atomic E-state index is 12.9. The molecule has 3 atom stereocenters. The van der Waals surface area contributed by atoms with Crippen LogP contribution in [0.1, 0.15) is 41.0 Å². The van der Waals surface area contributed by atoms with Gasteiger partial charge in [0.25, 0.3) is 5.91 Å². The smallest absolute Gasteiger partial charge is 0.326 e. The van der Waals surface area contributed by atoms with E-state index < -0.39 is 12.0 Å². The summed E-state index contributed by atoms with van der Waals surface area (Å²) in [5.41, 5.74) is 2.28. The first-order valence-electron chi connectivity index (χ1n) is 8.99. The summed E-state index contributed by atoms with van der Waals surface area (Å²) < 4.78 is 1.73. The highest BCUT2D eigenvalue weighted by Crippen LogP contribution is 2.42. The van der Waals surface area contributed by atoms with Crippen LogP contribution in [0.5, 0.6) is 0 Å². The second-order valence-electron chi connectivity index (χ2n) is 7.34. The van der Waals surface area contributed by atoms with Crippen LogP contribution in [-0.2, 0) is 4.79 Å². The predicted molar refractivity (Wildman–Crippen MR) is 94.1 cm³/mol. The molecule has 1 aliphatic heterocycles. The van der Waals surface area contributed by atoms with E-state index in [0.29, 0.717) is 23.8 Å². The standard InChI is InChI=1S/C19H22N4O3/c1-11-8-12(2)23(21-11)16-7-6-13(9-20-16)18(24)22-10-14-4-3-5-15(14)17(22)19(25)26/h6-9,14-15,17H,3-5,10H2,1-2H3,(H,25,26). The van der Waals surface area contributed by atoms with Crippen LogP contribution in [0, 0.1) is 25.7 Å². The van der Waals surface area contributed by atoms with Crippen LogP contribution in [0.15, 0.2) is 24.4 Å². The maximum absolute atomic E-state index is 12.9. The van der Waals surface area contributed by atoms with E-state index in [0.717, 1.165) is 30.7 Å². The Morgan fingerprint density at radius 3 is 2.65 bits per heavy atom. The Hall–Kier alpha value is -2.70. The van der Waals surface area contributed by atoms with Gasteiger partial charge in [-0.3, -0.25) is 4.79 Å². The number of nitrogens with zero attached hydrogens (tertiary/aromatic N) is 4.